The summed E-state index contributed by atoms with van der Waals surface area (Å²) in [7, 11) is 1.31. The van der Waals surface area contributed by atoms with Gasteiger partial charge in [0, 0.05) is 17.4 Å². The third-order valence-corrected chi connectivity index (χ3v) is 5.31. The van der Waals surface area contributed by atoms with E-state index in [-0.39, 0.29) is 24.6 Å². The fourth-order valence-electron chi connectivity index (χ4n) is 3.30. The molecule has 1 atom stereocenters. The van der Waals surface area contributed by atoms with Crippen molar-refractivity contribution in [2.45, 2.75) is 51.2 Å². The lowest BCUT2D eigenvalue weighted by molar-refractivity contribution is -0.141. The highest BCUT2D eigenvalue weighted by molar-refractivity contribution is 9.10. The van der Waals surface area contributed by atoms with E-state index in [1.54, 1.807) is 4.57 Å². The molecule has 1 aromatic heterocycles. The third-order valence-electron chi connectivity index (χ3n) is 4.78. The van der Waals surface area contributed by atoms with Gasteiger partial charge >= 0.3 is 11.7 Å². The van der Waals surface area contributed by atoms with E-state index < -0.39 is 12.0 Å². The van der Waals surface area contributed by atoms with E-state index in [0.29, 0.717) is 6.54 Å². The Labute approximate surface area is 171 Å². The van der Waals surface area contributed by atoms with Crippen LogP contribution in [0.3, 0.4) is 0 Å². The summed E-state index contributed by atoms with van der Waals surface area (Å²) < 4.78 is 8.49. The minimum atomic E-state index is -0.552. The van der Waals surface area contributed by atoms with Crippen LogP contribution >= 0.6 is 15.9 Å². The Morgan fingerprint density at radius 2 is 2.00 bits per heavy atom. The third kappa shape index (κ3) is 4.89. The zero-order chi connectivity index (χ0) is 20.1. The predicted molar refractivity (Wildman–Crippen MR) is 106 cm³/mol. The summed E-state index contributed by atoms with van der Waals surface area (Å²) >= 11 is 3.37. The first-order valence-corrected chi connectivity index (χ1v) is 10.1. The lowest BCUT2D eigenvalue weighted by atomic mass is 10.0. The number of ether oxygens (including phenoxy) is 1. The smallest absolute Gasteiger partial charge is 0.346 e. The van der Waals surface area contributed by atoms with Gasteiger partial charge in [-0.1, -0.05) is 34.5 Å². The maximum Gasteiger partial charge on any atom is 0.346 e. The number of nitrogens with one attached hydrogen (secondary N) is 1. The van der Waals surface area contributed by atoms with E-state index in [9.17, 15) is 14.4 Å². The molecule has 1 aliphatic heterocycles. The van der Waals surface area contributed by atoms with Gasteiger partial charge in [0.1, 0.15) is 12.4 Å². The Bertz CT molecular complexity index is 904. The molecule has 2 heterocycles. The van der Waals surface area contributed by atoms with Gasteiger partial charge in [0.2, 0.25) is 5.91 Å². The lowest BCUT2D eigenvalue weighted by Gasteiger charge is -2.18. The van der Waals surface area contributed by atoms with Crippen LogP contribution in [-0.4, -0.2) is 33.3 Å². The highest BCUT2D eigenvalue weighted by atomic mass is 79.9. The molecule has 0 fully saturated rings. The van der Waals surface area contributed by atoms with Crippen molar-refractivity contribution in [3.63, 3.8) is 0 Å². The van der Waals surface area contributed by atoms with E-state index >= 15 is 0 Å². The normalized spacial score (nSPS) is 14.6. The van der Waals surface area contributed by atoms with Gasteiger partial charge in [-0.05, 0) is 30.5 Å². The van der Waals surface area contributed by atoms with Crippen LogP contribution in [-0.2, 0) is 33.8 Å². The number of halogens is 1. The summed E-state index contributed by atoms with van der Waals surface area (Å²) in [5, 5.41) is 7.15. The van der Waals surface area contributed by atoms with Gasteiger partial charge < -0.3 is 10.1 Å². The zero-order valence-electron chi connectivity index (χ0n) is 15.7. The van der Waals surface area contributed by atoms with Crippen LogP contribution in [0.1, 0.15) is 43.1 Å². The SMILES string of the molecule is COC(=O)CC(NC(=O)Cn1nc2n(c1=O)CCCCC2)c1ccc(Br)cc1. The van der Waals surface area contributed by atoms with Crippen LogP contribution in [0.5, 0.6) is 0 Å². The molecule has 1 unspecified atom stereocenters. The van der Waals surface area contributed by atoms with Crippen molar-refractivity contribution in [2.75, 3.05) is 7.11 Å². The van der Waals surface area contributed by atoms with Gasteiger partial charge in [-0.2, -0.15) is 5.10 Å². The zero-order valence-corrected chi connectivity index (χ0v) is 17.3. The molecule has 0 saturated carbocycles. The molecule has 1 amide bonds. The fraction of sp³-hybridized carbons (Fsp3) is 0.474. The van der Waals surface area contributed by atoms with Crippen LogP contribution in [0.15, 0.2) is 33.5 Å². The Hall–Kier alpha value is -2.42. The number of aromatic nitrogens is 3. The number of hydrogen-bond donors (Lipinski definition) is 1. The van der Waals surface area contributed by atoms with E-state index in [2.05, 4.69) is 26.3 Å². The Morgan fingerprint density at radius 1 is 1.25 bits per heavy atom. The second kappa shape index (κ2) is 9.18. The van der Waals surface area contributed by atoms with Gasteiger partial charge in [0.25, 0.3) is 0 Å². The molecular formula is C19H23BrN4O4. The van der Waals surface area contributed by atoms with Gasteiger partial charge in [0.05, 0.1) is 19.6 Å². The molecule has 1 aliphatic rings. The van der Waals surface area contributed by atoms with E-state index in [1.807, 2.05) is 24.3 Å². The van der Waals surface area contributed by atoms with E-state index in [4.69, 9.17) is 4.74 Å². The molecule has 150 valence electrons. The number of rotatable bonds is 6. The summed E-state index contributed by atoms with van der Waals surface area (Å²) in [6.07, 6.45) is 3.75. The second-order valence-electron chi connectivity index (χ2n) is 6.77. The van der Waals surface area contributed by atoms with Crippen LogP contribution in [0, 0.1) is 0 Å². The molecule has 1 aromatic carbocycles. The number of nitrogens with zero attached hydrogens (tertiary/aromatic N) is 3. The largest absolute Gasteiger partial charge is 0.469 e. The van der Waals surface area contributed by atoms with Crippen LogP contribution in [0.25, 0.3) is 0 Å². The average Bonchev–Trinajstić information content (AvgIpc) is 2.84. The van der Waals surface area contributed by atoms with Crippen molar-refractivity contribution in [2.24, 2.45) is 0 Å². The van der Waals surface area contributed by atoms with Crippen molar-refractivity contribution in [1.29, 1.82) is 0 Å². The number of carbonyl (C=O) groups excluding carboxylic acids is 2. The summed E-state index contributed by atoms with van der Waals surface area (Å²) in [4.78, 5) is 36.9. The molecule has 1 N–H and O–H groups in total. The summed E-state index contributed by atoms with van der Waals surface area (Å²) in [5.41, 5.74) is 0.509. The van der Waals surface area contributed by atoms with Gasteiger partial charge in [-0.3, -0.25) is 14.2 Å². The minimum Gasteiger partial charge on any atom is -0.469 e. The maximum absolute atomic E-state index is 12.6. The molecule has 2 aromatic rings. The number of methoxy groups -OCH3 is 1. The molecule has 28 heavy (non-hydrogen) atoms. The first-order valence-electron chi connectivity index (χ1n) is 9.26. The average molecular weight is 451 g/mol. The molecule has 3 rings (SSSR count). The van der Waals surface area contributed by atoms with Gasteiger partial charge in [-0.15, -0.1) is 0 Å². The quantitative estimate of drug-likeness (QED) is 0.678. The number of hydrogen-bond acceptors (Lipinski definition) is 5. The lowest BCUT2D eigenvalue weighted by Crippen LogP contribution is -2.36. The van der Waals surface area contributed by atoms with Crippen molar-refractivity contribution < 1.29 is 14.3 Å². The molecular weight excluding hydrogens is 428 g/mol. The standard InChI is InChI=1S/C19H23BrN4O4/c1-28-18(26)11-15(13-6-8-14(20)9-7-13)21-17(25)12-24-19(27)23-10-4-2-3-5-16(23)22-24/h6-9,15H,2-5,10-12H2,1H3,(H,21,25). The van der Waals surface area contributed by atoms with Gasteiger partial charge in [-0.25, -0.2) is 9.48 Å². The second-order valence-corrected chi connectivity index (χ2v) is 7.69. The predicted octanol–water partition coefficient (Wildman–Crippen LogP) is 1.95. The molecule has 8 nitrogen and oxygen atoms in total. The number of carbonyl (C=O) groups is 2. The monoisotopic (exact) mass is 450 g/mol. The summed E-state index contributed by atoms with van der Waals surface area (Å²) in [6, 6.07) is 6.77. The first kappa shape index (κ1) is 20.3. The Balaban J connectivity index is 1.74. The molecule has 0 radical (unpaired) electrons. The Kier molecular flexibility index (Phi) is 6.66. The van der Waals surface area contributed by atoms with Crippen molar-refractivity contribution in [3.8, 4) is 0 Å². The number of esters is 1. The van der Waals surface area contributed by atoms with Crippen LogP contribution < -0.4 is 11.0 Å². The van der Waals surface area contributed by atoms with E-state index in [1.165, 1.54) is 11.8 Å². The Morgan fingerprint density at radius 3 is 2.71 bits per heavy atom. The maximum atomic E-state index is 12.6. The summed E-state index contributed by atoms with van der Waals surface area (Å²) in [5.74, 6) is -0.0828. The molecule has 0 aliphatic carbocycles. The van der Waals surface area contributed by atoms with Crippen molar-refractivity contribution >= 4 is 27.8 Å². The van der Waals surface area contributed by atoms with Crippen LogP contribution in [0.4, 0.5) is 0 Å². The molecule has 0 spiro atoms. The van der Waals surface area contributed by atoms with E-state index in [0.717, 1.165) is 41.5 Å². The topological polar surface area (TPSA) is 95.2 Å². The van der Waals surface area contributed by atoms with Crippen LogP contribution in [0.2, 0.25) is 0 Å². The number of aryl methyl sites for hydroxylation is 1. The first-order chi connectivity index (χ1) is 13.5. The number of fused-ring (bicyclic) bond motifs is 1. The number of amides is 1. The highest BCUT2D eigenvalue weighted by Crippen LogP contribution is 2.20. The number of benzene rings is 1. The summed E-state index contributed by atoms with van der Waals surface area (Å²) in [6.45, 7) is 0.451. The molecule has 9 heteroatoms. The highest BCUT2D eigenvalue weighted by Gasteiger charge is 2.21. The van der Waals surface area contributed by atoms with Crippen molar-refractivity contribution in [1.82, 2.24) is 19.7 Å². The fourth-order valence-corrected chi connectivity index (χ4v) is 3.57. The molecule has 0 saturated heterocycles. The molecule has 0 bridgehead atoms. The van der Waals surface area contributed by atoms with Crippen molar-refractivity contribution in [3.05, 3.63) is 50.6 Å². The van der Waals surface area contributed by atoms with Gasteiger partial charge in [0.15, 0.2) is 0 Å². The minimum absolute atomic E-state index is 0.00153.